The lowest BCUT2D eigenvalue weighted by Gasteiger charge is -2.32. The second kappa shape index (κ2) is 4.97. The quantitative estimate of drug-likeness (QED) is 0.485. The lowest BCUT2D eigenvalue weighted by Crippen LogP contribution is -2.41. The number of rotatable bonds is 2. The molecule has 1 fully saturated rings. The first kappa shape index (κ1) is 14.8. The molecule has 0 unspecified atom stereocenters. The molecule has 0 atom stereocenters. The zero-order chi connectivity index (χ0) is 15.3. The molecule has 0 amide bonds. The Balaban J connectivity index is 1.96. The number of hydrogen-bond acceptors (Lipinski definition) is 5. The summed E-state index contributed by atoms with van der Waals surface area (Å²) in [7, 11) is -0.348. The summed E-state index contributed by atoms with van der Waals surface area (Å²) >= 11 is 1.54. The number of nitrogens with zero attached hydrogens (tertiary/aromatic N) is 2. The van der Waals surface area contributed by atoms with Gasteiger partial charge in [-0.25, -0.2) is 9.97 Å². The summed E-state index contributed by atoms with van der Waals surface area (Å²) in [6.07, 6.45) is 3.82. The van der Waals surface area contributed by atoms with E-state index < -0.39 is 0 Å². The minimum atomic E-state index is -0.348. The van der Waals surface area contributed by atoms with Crippen LogP contribution in [0, 0.1) is 0 Å². The molecule has 1 aliphatic rings. The monoisotopic (exact) mass is 302 g/mol. The summed E-state index contributed by atoms with van der Waals surface area (Å²) in [5, 5.41) is 1.78. The Morgan fingerprint density at radius 2 is 1.76 bits per heavy atom. The molecule has 1 aromatic heterocycles. The molecule has 1 aromatic carbocycles. The van der Waals surface area contributed by atoms with E-state index in [1.807, 2.05) is 30.7 Å². The molecular weight excluding hydrogens is 283 g/mol. The zero-order valence-electron chi connectivity index (χ0n) is 13.0. The van der Waals surface area contributed by atoms with E-state index in [1.54, 1.807) is 11.8 Å². The zero-order valence-corrected chi connectivity index (χ0v) is 13.8. The first-order chi connectivity index (χ1) is 9.82. The highest BCUT2D eigenvalue weighted by molar-refractivity contribution is 7.98. The molecule has 0 aliphatic carbocycles. The molecule has 4 nitrogen and oxygen atoms in total. The lowest BCUT2D eigenvalue weighted by atomic mass is 9.78. The highest BCUT2D eigenvalue weighted by Gasteiger charge is 2.51. The molecule has 2 aromatic rings. The maximum atomic E-state index is 6.08. The van der Waals surface area contributed by atoms with Gasteiger partial charge in [-0.2, -0.15) is 0 Å². The summed E-state index contributed by atoms with van der Waals surface area (Å²) < 4.78 is 12.2. The maximum Gasteiger partial charge on any atom is 0.494 e. The van der Waals surface area contributed by atoms with E-state index in [0.29, 0.717) is 0 Å². The third-order valence-electron chi connectivity index (χ3n) is 4.29. The Kier molecular flexibility index (Phi) is 3.51. The van der Waals surface area contributed by atoms with Gasteiger partial charge >= 0.3 is 7.12 Å². The molecule has 21 heavy (non-hydrogen) atoms. The fraction of sp³-hybridized carbons (Fsp3) is 0.467. The molecule has 2 heterocycles. The van der Waals surface area contributed by atoms with Gasteiger partial charge in [0.15, 0.2) is 5.16 Å². The van der Waals surface area contributed by atoms with Crippen LogP contribution in [0.4, 0.5) is 0 Å². The van der Waals surface area contributed by atoms with Crippen LogP contribution in [-0.2, 0) is 9.31 Å². The Labute approximate surface area is 129 Å². The van der Waals surface area contributed by atoms with Crippen LogP contribution in [0.25, 0.3) is 10.9 Å². The van der Waals surface area contributed by atoms with E-state index in [-0.39, 0.29) is 18.3 Å². The topological polar surface area (TPSA) is 44.2 Å². The summed E-state index contributed by atoms with van der Waals surface area (Å²) in [5.74, 6) is 0. The van der Waals surface area contributed by atoms with Crippen LogP contribution in [0.15, 0.2) is 29.6 Å². The van der Waals surface area contributed by atoms with Crippen LogP contribution >= 0.6 is 11.8 Å². The fourth-order valence-corrected chi connectivity index (χ4v) is 2.61. The number of aromatic nitrogens is 2. The fourth-order valence-electron chi connectivity index (χ4n) is 2.26. The van der Waals surface area contributed by atoms with Crippen LogP contribution in [0.5, 0.6) is 0 Å². The van der Waals surface area contributed by atoms with Crippen LogP contribution in [0.2, 0.25) is 0 Å². The van der Waals surface area contributed by atoms with E-state index >= 15 is 0 Å². The smallest absolute Gasteiger partial charge is 0.399 e. The predicted octanol–water partition coefficient (Wildman–Crippen LogP) is 2.65. The van der Waals surface area contributed by atoms with Crippen molar-refractivity contribution in [3.8, 4) is 0 Å². The Bertz CT molecular complexity index is 674. The molecular formula is C15H19BN2O2S. The van der Waals surface area contributed by atoms with Gasteiger partial charge in [0.25, 0.3) is 0 Å². The molecule has 1 saturated heterocycles. The molecule has 0 bridgehead atoms. The Hall–Kier alpha value is -1.11. The van der Waals surface area contributed by atoms with Crippen molar-refractivity contribution in [2.24, 2.45) is 0 Å². The van der Waals surface area contributed by atoms with Crippen LogP contribution in [-0.4, -0.2) is 34.5 Å². The molecule has 6 heteroatoms. The lowest BCUT2D eigenvalue weighted by molar-refractivity contribution is 0.00578. The second-order valence-electron chi connectivity index (χ2n) is 6.26. The van der Waals surface area contributed by atoms with Gasteiger partial charge in [-0.3, -0.25) is 0 Å². The predicted molar refractivity (Wildman–Crippen MR) is 87.0 cm³/mol. The SMILES string of the molecule is CSc1ncc2cc(B3OC(C)(C)C(C)(C)O3)ccc2n1. The highest BCUT2D eigenvalue weighted by atomic mass is 32.2. The van der Waals surface area contributed by atoms with Gasteiger partial charge in [-0.15, -0.1) is 0 Å². The molecule has 0 spiro atoms. The van der Waals surface area contributed by atoms with Crippen molar-refractivity contribution in [1.82, 2.24) is 9.97 Å². The normalized spacial score (nSPS) is 20.1. The third-order valence-corrected chi connectivity index (χ3v) is 4.85. The average molecular weight is 302 g/mol. The molecule has 1 aliphatic heterocycles. The largest absolute Gasteiger partial charge is 0.494 e. The van der Waals surface area contributed by atoms with E-state index in [4.69, 9.17) is 9.31 Å². The summed E-state index contributed by atoms with van der Waals surface area (Å²) in [5.41, 5.74) is 1.29. The molecule has 110 valence electrons. The van der Waals surface area contributed by atoms with Crippen molar-refractivity contribution < 1.29 is 9.31 Å². The highest BCUT2D eigenvalue weighted by Crippen LogP contribution is 2.36. The van der Waals surface area contributed by atoms with Gasteiger partial charge in [0.05, 0.1) is 16.7 Å². The van der Waals surface area contributed by atoms with E-state index in [0.717, 1.165) is 21.5 Å². The number of hydrogen-bond donors (Lipinski definition) is 0. The van der Waals surface area contributed by atoms with E-state index in [2.05, 4.69) is 37.7 Å². The number of thioether (sulfide) groups is 1. The standard InChI is InChI=1S/C15H19BN2O2S/c1-14(2)15(3,4)20-16(19-14)11-6-7-12-10(8-11)9-17-13(18-12)21-5/h6-9H,1-5H3. The maximum absolute atomic E-state index is 6.08. The third kappa shape index (κ3) is 2.56. The second-order valence-corrected chi connectivity index (χ2v) is 7.04. The van der Waals surface area contributed by atoms with Crippen molar-refractivity contribution in [1.29, 1.82) is 0 Å². The minimum Gasteiger partial charge on any atom is -0.399 e. The van der Waals surface area contributed by atoms with Gasteiger partial charge in [-0.1, -0.05) is 23.9 Å². The van der Waals surface area contributed by atoms with Gasteiger partial charge in [0.1, 0.15) is 0 Å². The minimum absolute atomic E-state index is 0.328. The average Bonchev–Trinajstić information content (AvgIpc) is 2.66. The van der Waals surface area contributed by atoms with Gasteiger partial charge in [-0.05, 0) is 45.5 Å². The van der Waals surface area contributed by atoms with Gasteiger partial charge in [0, 0.05) is 11.6 Å². The van der Waals surface area contributed by atoms with Crippen LogP contribution in [0.3, 0.4) is 0 Å². The van der Waals surface area contributed by atoms with Gasteiger partial charge in [0.2, 0.25) is 0 Å². The Morgan fingerprint density at radius 1 is 1.10 bits per heavy atom. The van der Waals surface area contributed by atoms with Crippen molar-refractivity contribution in [3.05, 3.63) is 24.4 Å². The summed E-state index contributed by atoms with van der Waals surface area (Å²) in [4.78, 5) is 8.81. The first-order valence-corrected chi connectivity index (χ1v) is 8.21. The van der Waals surface area contributed by atoms with Crippen LogP contribution < -0.4 is 5.46 Å². The van der Waals surface area contributed by atoms with Crippen LogP contribution in [0.1, 0.15) is 27.7 Å². The van der Waals surface area contributed by atoms with E-state index in [9.17, 15) is 0 Å². The molecule has 0 N–H and O–H groups in total. The number of benzene rings is 1. The van der Waals surface area contributed by atoms with Crippen molar-refractivity contribution in [2.45, 2.75) is 44.1 Å². The number of fused-ring (bicyclic) bond motifs is 1. The first-order valence-electron chi connectivity index (χ1n) is 6.99. The summed E-state index contributed by atoms with van der Waals surface area (Å²) in [6.45, 7) is 8.23. The molecule has 0 radical (unpaired) electrons. The van der Waals surface area contributed by atoms with Crippen molar-refractivity contribution in [3.63, 3.8) is 0 Å². The summed E-state index contributed by atoms with van der Waals surface area (Å²) in [6, 6.07) is 6.06. The van der Waals surface area contributed by atoms with Crippen molar-refractivity contribution >= 4 is 35.2 Å². The van der Waals surface area contributed by atoms with Gasteiger partial charge < -0.3 is 9.31 Å². The molecule has 0 saturated carbocycles. The van der Waals surface area contributed by atoms with Crippen molar-refractivity contribution in [2.75, 3.05) is 6.26 Å². The Morgan fingerprint density at radius 3 is 2.38 bits per heavy atom. The van der Waals surface area contributed by atoms with E-state index in [1.165, 1.54) is 0 Å². The molecule has 3 rings (SSSR count).